The van der Waals surface area contributed by atoms with Crippen LogP contribution in [0, 0.1) is 0 Å². The molecule has 0 atom stereocenters. The standard InChI is InChI=1S/C45H28N2.2C38H24N2/c1-2-11-34(12-3-1)47-44-41-17-9-7-15-37(41)36-14-6-8-16-40(36)43(44)46-45(47)32-21-18-29(19-22-32)33-23-20-31-25-26-38-35-13-5-4-10-30(35)24-27-39(38)42(31)28-33;1-2-9-25(10-3-1)28-12-8-13-29(23-28)37-38(40-36-16-7-6-15-35(36)39-37)30-18-17-27-20-21-32-31-14-5-4-11-26(31)19-22-33(32)34(27)24-30;1-2-8-25(9-3-1)26-14-17-29(18-15-26)37-34-12-6-7-13-36(34)39-38(40-37)30-19-16-28-21-22-32-31-11-5-4-10-27(31)20-23-33(32)35(28)24-30/h1-28H;2*1-24H. The average Bonchev–Trinajstić information content (AvgIpc) is 1.53. The van der Waals surface area contributed by atoms with Gasteiger partial charge in [0, 0.05) is 49.7 Å². The second-order valence-electron chi connectivity index (χ2n) is 32.8. The summed E-state index contributed by atoms with van der Waals surface area (Å²) in [6.45, 7) is 0. The van der Waals surface area contributed by atoms with Gasteiger partial charge in [0.15, 0.2) is 5.82 Å². The van der Waals surface area contributed by atoms with Gasteiger partial charge in [-0.05, 0) is 196 Å². The molecule has 23 aromatic carbocycles. The van der Waals surface area contributed by atoms with Gasteiger partial charge in [0.1, 0.15) is 5.82 Å². The monoisotopic (exact) mass is 1610 g/mol. The molecule has 0 aliphatic rings. The SMILES string of the molecule is c1ccc(-c2ccc(-c3nc(-c4ccc5ccc6c7ccccc7ccc6c5c4)nc4ccccc34)cc2)cc1.c1ccc(-c2cccc(-c3nc4ccccc4nc3-c3ccc4ccc5c6ccccc6ccc5c4c3)c2)cc1.c1ccc(-n2c(-c3ccc(-c4ccc5ccc6c7ccccc7ccc6c5c4)cc3)nc3c4ccccc4c4ccccc4c32)cc1. The third-order valence-electron chi connectivity index (χ3n) is 25.5. The van der Waals surface area contributed by atoms with Crippen LogP contribution in [0.15, 0.2) is 461 Å². The lowest BCUT2D eigenvalue weighted by molar-refractivity contribution is 1.11. The lowest BCUT2D eigenvalue weighted by Gasteiger charge is -2.13. The zero-order chi connectivity index (χ0) is 83.8. The summed E-state index contributed by atoms with van der Waals surface area (Å²) in [5.41, 5.74) is 21.2. The zero-order valence-electron chi connectivity index (χ0n) is 69.1. The fraction of sp³-hybridized carbons (Fsp3) is 0. The van der Waals surface area contributed by atoms with E-state index in [1.165, 1.54) is 146 Å². The highest BCUT2D eigenvalue weighted by atomic mass is 15.1. The first kappa shape index (κ1) is 73.9. The minimum atomic E-state index is 0.737. The van der Waals surface area contributed by atoms with E-state index in [2.05, 4.69) is 423 Å². The molecule has 0 aliphatic heterocycles. The van der Waals surface area contributed by atoms with Crippen molar-refractivity contribution in [2.24, 2.45) is 0 Å². The Morgan fingerprint density at radius 1 is 0.150 bits per heavy atom. The number of nitrogens with zero attached hydrogens (tertiary/aromatic N) is 6. The van der Waals surface area contributed by atoms with Crippen molar-refractivity contribution in [2.45, 2.75) is 0 Å². The molecule has 0 saturated carbocycles. The van der Waals surface area contributed by atoms with E-state index in [1.54, 1.807) is 0 Å². The Labute approximate surface area is 732 Å². The molecule has 6 heteroatoms. The number of imidazole rings is 1. The molecular weight excluding hydrogens is 1540 g/mol. The van der Waals surface area contributed by atoms with E-state index in [9.17, 15) is 0 Å². The van der Waals surface area contributed by atoms with Crippen molar-refractivity contribution in [1.29, 1.82) is 0 Å². The van der Waals surface area contributed by atoms with Crippen molar-refractivity contribution in [3.8, 4) is 95.6 Å². The van der Waals surface area contributed by atoms with Gasteiger partial charge in [0.2, 0.25) is 0 Å². The fourth-order valence-electron chi connectivity index (χ4n) is 19.2. The maximum Gasteiger partial charge on any atom is 0.160 e. The second-order valence-corrected chi connectivity index (χ2v) is 32.8. The molecule has 0 radical (unpaired) electrons. The van der Waals surface area contributed by atoms with Crippen LogP contribution in [0.1, 0.15) is 0 Å². The quantitative estimate of drug-likeness (QED) is 0.135. The Bertz CT molecular complexity index is 8870. The lowest BCUT2D eigenvalue weighted by atomic mass is 9.94. The van der Waals surface area contributed by atoms with Gasteiger partial charge >= 0.3 is 0 Å². The number of fused-ring (bicyclic) bond motifs is 23. The molecular formula is C121H76N6. The first-order valence-corrected chi connectivity index (χ1v) is 43.3. The Balaban J connectivity index is 0.000000107. The van der Waals surface area contributed by atoms with E-state index in [-0.39, 0.29) is 0 Å². The first-order valence-electron chi connectivity index (χ1n) is 43.3. The molecule has 0 saturated heterocycles. The Kier molecular flexibility index (Phi) is 18.2. The molecule has 26 aromatic rings. The molecule has 127 heavy (non-hydrogen) atoms. The molecule has 0 N–H and O–H groups in total. The first-order chi connectivity index (χ1) is 62.9. The van der Waals surface area contributed by atoms with Gasteiger partial charge in [0.25, 0.3) is 0 Å². The van der Waals surface area contributed by atoms with Crippen molar-refractivity contribution in [2.75, 3.05) is 0 Å². The Hall–Kier alpha value is -16.9. The number of para-hydroxylation sites is 4. The third kappa shape index (κ3) is 13.3. The van der Waals surface area contributed by atoms with Gasteiger partial charge in [-0.2, -0.15) is 0 Å². The minimum absolute atomic E-state index is 0.737. The van der Waals surface area contributed by atoms with Crippen LogP contribution in [-0.2, 0) is 0 Å². The minimum Gasteiger partial charge on any atom is -0.292 e. The molecule has 3 heterocycles. The maximum absolute atomic E-state index is 5.40. The van der Waals surface area contributed by atoms with Crippen LogP contribution in [0.5, 0.6) is 0 Å². The van der Waals surface area contributed by atoms with Gasteiger partial charge in [-0.1, -0.05) is 406 Å². The number of benzene rings is 23. The smallest absolute Gasteiger partial charge is 0.160 e. The summed E-state index contributed by atoms with van der Waals surface area (Å²) in [6.07, 6.45) is 0. The highest BCUT2D eigenvalue weighted by Gasteiger charge is 2.23. The zero-order valence-corrected chi connectivity index (χ0v) is 69.1. The molecule has 3 aromatic heterocycles. The summed E-state index contributed by atoms with van der Waals surface area (Å²) in [6, 6.07) is 164. The van der Waals surface area contributed by atoms with Gasteiger partial charge < -0.3 is 0 Å². The molecule has 0 bridgehead atoms. The van der Waals surface area contributed by atoms with E-state index in [0.717, 1.165) is 101 Å². The molecule has 0 spiro atoms. The van der Waals surface area contributed by atoms with E-state index in [1.807, 2.05) is 42.5 Å². The Morgan fingerprint density at radius 3 is 1.00 bits per heavy atom. The number of aromatic nitrogens is 6. The van der Waals surface area contributed by atoms with Crippen LogP contribution in [0.4, 0.5) is 0 Å². The van der Waals surface area contributed by atoms with Crippen molar-refractivity contribution >= 4 is 151 Å². The van der Waals surface area contributed by atoms with E-state index >= 15 is 0 Å². The van der Waals surface area contributed by atoms with Crippen LogP contribution in [0.25, 0.3) is 247 Å². The molecule has 0 unspecified atom stereocenters. The molecule has 26 rings (SSSR count). The fourth-order valence-corrected chi connectivity index (χ4v) is 19.2. The van der Waals surface area contributed by atoms with E-state index in [0.29, 0.717) is 0 Å². The van der Waals surface area contributed by atoms with Gasteiger partial charge in [-0.15, -0.1) is 0 Å². The topological polar surface area (TPSA) is 69.4 Å². The largest absolute Gasteiger partial charge is 0.292 e. The predicted molar refractivity (Wildman–Crippen MR) is 536 cm³/mol. The summed E-state index contributed by atoms with van der Waals surface area (Å²) in [4.78, 5) is 26.0. The molecule has 6 nitrogen and oxygen atoms in total. The normalized spacial score (nSPS) is 11.6. The van der Waals surface area contributed by atoms with Crippen molar-refractivity contribution in [1.82, 2.24) is 29.5 Å². The lowest BCUT2D eigenvalue weighted by Crippen LogP contribution is -1.98. The molecule has 0 amide bonds. The van der Waals surface area contributed by atoms with Crippen LogP contribution in [0.2, 0.25) is 0 Å². The van der Waals surface area contributed by atoms with Gasteiger partial charge in [-0.25, -0.2) is 24.9 Å². The number of hydrogen-bond acceptors (Lipinski definition) is 5. The van der Waals surface area contributed by atoms with Crippen molar-refractivity contribution < 1.29 is 0 Å². The summed E-state index contributed by atoms with van der Waals surface area (Å²) < 4.78 is 2.34. The van der Waals surface area contributed by atoms with Crippen LogP contribution in [-0.4, -0.2) is 29.5 Å². The number of hydrogen-bond donors (Lipinski definition) is 0. The molecule has 0 aliphatic carbocycles. The highest BCUT2D eigenvalue weighted by molar-refractivity contribution is 6.25. The highest BCUT2D eigenvalue weighted by Crippen LogP contribution is 2.44. The molecule has 590 valence electrons. The third-order valence-corrected chi connectivity index (χ3v) is 25.5. The Morgan fingerprint density at radius 2 is 0.465 bits per heavy atom. The number of rotatable bonds is 9. The predicted octanol–water partition coefficient (Wildman–Crippen LogP) is 32.3. The van der Waals surface area contributed by atoms with Crippen LogP contribution < -0.4 is 0 Å². The van der Waals surface area contributed by atoms with Crippen molar-refractivity contribution in [3.63, 3.8) is 0 Å². The summed E-state index contributed by atoms with van der Waals surface area (Å²) in [5, 5.41) is 28.5. The average molecular weight is 1610 g/mol. The van der Waals surface area contributed by atoms with Gasteiger partial charge in [0.05, 0.1) is 44.7 Å². The van der Waals surface area contributed by atoms with Crippen LogP contribution in [0.3, 0.4) is 0 Å². The van der Waals surface area contributed by atoms with E-state index in [4.69, 9.17) is 24.9 Å². The summed E-state index contributed by atoms with van der Waals surface area (Å²) in [5.74, 6) is 1.68. The second kappa shape index (κ2) is 31.2. The molecule has 0 fully saturated rings. The van der Waals surface area contributed by atoms with Crippen LogP contribution >= 0.6 is 0 Å². The van der Waals surface area contributed by atoms with E-state index < -0.39 is 0 Å². The van der Waals surface area contributed by atoms with Gasteiger partial charge in [-0.3, -0.25) is 4.57 Å². The summed E-state index contributed by atoms with van der Waals surface area (Å²) >= 11 is 0. The summed E-state index contributed by atoms with van der Waals surface area (Å²) in [7, 11) is 0. The van der Waals surface area contributed by atoms with Crippen molar-refractivity contribution in [3.05, 3.63) is 461 Å². The maximum atomic E-state index is 5.40.